The Morgan fingerprint density at radius 1 is 1.57 bits per heavy atom. The van der Waals surface area contributed by atoms with Crippen LogP contribution in [0.5, 0.6) is 0 Å². The maximum absolute atomic E-state index is 11.6. The molecule has 0 spiro atoms. The Hall–Kier alpha value is -0.470. The van der Waals surface area contributed by atoms with Crippen molar-refractivity contribution in [3.05, 3.63) is 16.3 Å². The Morgan fingerprint density at radius 3 is 2.71 bits per heavy atom. The summed E-state index contributed by atoms with van der Waals surface area (Å²) in [4.78, 5) is 2.88. The molecule has 2 N–H and O–H groups in total. The summed E-state index contributed by atoms with van der Waals surface area (Å²) in [5.74, 6) is 0. The number of sulfonamides is 1. The van der Waals surface area contributed by atoms with Crippen molar-refractivity contribution in [3.8, 4) is 0 Å². The summed E-state index contributed by atoms with van der Waals surface area (Å²) in [6.45, 7) is -0.263. The first-order valence-corrected chi connectivity index (χ1v) is 6.20. The molecule has 80 valence electrons. The largest absolute Gasteiger partial charge is 0.391 e. The standard InChI is InChI=1S/C7H12N2O3S2/c1-9(2)8-14(11,12)7-3-4-13-6(7)5-10/h3-4,8,10H,5H2,1-2H3. The second-order valence-corrected chi connectivity index (χ2v) is 5.49. The van der Waals surface area contributed by atoms with Crippen LogP contribution in [0.2, 0.25) is 0 Å². The average Bonchev–Trinajstić information content (AvgIpc) is 2.48. The van der Waals surface area contributed by atoms with Crippen LogP contribution in [0.1, 0.15) is 4.88 Å². The summed E-state index contributed by atoms with van der Waals surface area (Å²) in [7, 11) is -0.361. The zero-order valence-corrected chi connectivity index (χ0v) is 9.52. The van der Waals surface area contributed by atoms with E-state index in [4.69, 9.17) is 5.11 Å². The Kier molecular flexibility index (Phi) is 3.62. The third-order valence-corrected chi connectivity index (χ3v) is 4.04. The van der Waals surface area contributed by atoms with Crippen molar-refractivity contribution in [1.29, 1.82) is 0 Å². The van der Waals surface area contributed by atoms with Crippen molar-refractivity contribution in [2.75, 3.05) is 14.1 Å². The van der Waals surface area contributed by atoms with E-state index >= 15 is 0 Å². The molecule has 0 saturated carbocycles. The molecule has 14 heavy (non-hydrogen) atoms. The maximum atomic E-state index is 11.6. The van der Waals surface area contributed by atoms with E-state index in [2.05, 4.69) is 4.83 Å². The molecular formula is C7H12N2O3S2. The van der Waals surface area contributed by atoms with Gasteiger partial charge in [0, 0.05) is 14.1 Å². The van der Waals surface area contributed by atoms with E-state index in [0.29, 0.717) is 4.88 Å². The quantitative estimate of drug-likeness (QED) is 0.722. The van der Waals surface area contributed by atoms with E-state index in [9.17, 15) is 8.42 Å². The second kappa shape index (κ2) is 4.37. The van der Waals surface area contributed by atoms with Crippen LogP contribution in [-0.2, 0) is 16.6 Å². The maximum Gasteiger partial charge on any atom is 0.254 e. The summed E-state index contributed by atoms with van der Waals surface area (Å²) in [5.41, 5.74) is 0. The molecule has 1 aromatic rings. The molecule has 0 aromatic carbocycles. The van der Waals surface area contributed by atoms with E-state index in [-0.39, 0.29) is 11.5 Å². The molecule has 0 aliphatic heterocycles. The highest BCUT2D eigenvalue weighted by molar-refractivity contribution is 7.89. The van der Waals surface area contributed by atoms with Gasteiger partial charge in [0.15, 0.2) is 0 Å². The van der Waals surface area contributed by atoms with Crippen LogP contribution in [0, 0.1) is 0 Å². The first-order chi connectivity index (χ1) is 6.47. The zero-order chi connectivity index (χ0) is 10.8. The molecule has 0 amide bonds. The number of aliphatic hydroxyl groups is 1. The van der Waals surface area contributed by atoms with Gasteiger partial charge in [0.05, 0.1) is 16.4 Å². The van der Waals surface area contributed by atoms with Crippen molar-refractivity contribution < 1.29 is 13.5 Å². The number of aliphatic hydroxyl groups excluding tert-OH is 1. The first-order valence-electron chi connectivity index (χ1n) is 3.84. The van der Waals surface area contributed by atoms with E-state index in [0.717, 1.165) is 0 Å². The smallest absolute Gasteiger partial charge is 0.254 e. The van der Waals surface area contributed by atoms with Gasteiger partial charge in [-0.2, -0.15) is 0 Å². The number of thiophene rings is 1. The lowest BCUT2D eigenvalue weighted by molar-refractivity contribution is 0.282. The summed E-state index contributed by atoms with van der Waals surface area (Å²) in [6, 6.07) is 1.47. The monoisotopic (exact) mass is 236 g/mol. The molecule has 0 unspecified atom stereocenters. The Bertz CT molecular complexity index is 397. The molecule has 1 aromatic heterocycles. The van der Waals surface area contributed by atoms with Gasteiger partial charge in [-0.3, -0.25) is 0 Å². The van der Waals surface area contributed by atoms with Crippen LogP contribution in [-0.4, -0.2) is 32.6 Å². The minimum Gasteiger partial charge on any atom is -0.391 e. The van der Waals surface area contributed by atoms with Crippen LogP contribution >= 0.6 is 11.3 Å². The molecule has 1 rings (SSSR count). The van der Waals surface area contributed by atoms with E-state index in [1.54, 1.807) is 19.5 Å². The molecule has 0 fully saturated rings. The Balaban J connectivity index is 3.04. The molecular weight excluding hydrogens is 224 g/mol. The summed E-state index contributed by atoms with van der Waals surface area (Å²) in [5, 5.41) is 11.9. The van der Waals surface area contributed by atoms with Crippen LogP contribution < -0.4 is 4.83 Å². The predicted molar refractivity (Wildman–Crippen MR) is 54.3 cm³/mol. The van der Waals surface area contributed by atoms with Crippen molar-refractivity contribution >= 4 is 21.4 Å². The summed E-state index contributed by atoms with van der Waals surface area (Å²) in [6.07, 6.45) is 0. The molecule has 1 heterocycles. The van der Waals surface area contributed by atoms with Gasteiger partial charge in [0.25, 0.3) is 10.0 Å². The molecule has 0 radical (unpaired) electrons. The molecule has 0 aliphatic rings. The second-order valence-electron chi connectivity index (χ2n) is 2.86. The van der Waals surface area contributed by atoms with E-state index < -0.39 is 10.0 Å². The fraction of sp³-hybridized carbons (Fsp3) is 0.429. The number of hydrogen-bond donors (Lipinski definition) is 2. The minimum absolute atomic E-state index is 0.138. The fourth-order valence-electron chi connectivity index (χ4n) is 0.973. The Morgan fingerprint density at radius 2 is 2.21 bits per heavy atom. The zero-order valence-electron chi connectivity index (χ0n) is 7.89. The summed E-state index contributed by atoms with van der Waals surface area (Å²) < 4.78 is 23.3. The third kappa shape index (κ3) is 2.52. The van der Waals surface area contributed by atoms with Crippen LogP contribution in [0.4, 0.5) is 0 Å². The SMILES string of the molecule is CN(C)NS(=O)(=O)c1ccsc1CO. The van der Waals surface area contributed by atoms with Crippen LogP contribution in [0.3, 0.4) is 0 Å². The molecule has 0 bridgehead atoms. The van der Waals surface area contributed by atoms with Gasteiger partial charge in [-0.25, -0.2) is 13.4 Å². The minimum atomic E-state index is -3.53. The summed E-state index contributed by atoms with van der Waals surface area (Å²) >= 11 is 1.22. The molecule has 0 atom stereocenters. The number of nitrogens with zero attached hydrogens (tertiary/aromatic N) is 1. The normalized spacial score (nSPS) is 12.3. The molecule has 0 saturated heterocycles. The fourth-order valence-corrected chi connectivity index (χ4v) is 3.35. The van der Waals surface area contributed by atoms with Crippen molar-refractivity contribution in [2.45, 2.75) is 11.5 Å². The van der Waals surface area contributed by atoms with Crippen LogP contribution in [0.15, 0.2) is 16.3 Å². The highest BCUT2D eigenvalue weighted by Gasteiger charge is 2.19. The number of nitrogens with one attached hydrogen (secondary N) is 1. The predicted octanol–water partition coefficient (Wildman–Crippen LogP) is -0.00470. The van der Waals surface area contributed by atoms with Gasteiger partial charge >= 0.3 is 0 Å². The number of hydrazine groups is 1. The third-order valence-electron chi connectivity index (χ3n) is 1.44. The number of hydrogen-bond acceptors (Lipinski definition) is 5. The van der Waals surface area contributed by atoms with Gasteiger partial charge in [0.2, 0.25) is 0 Å². The van der Waals surface area contributed by atoms with E-state index in [1.807, 2.05) is 0 Å². The van der Waals surface area contributed by atoms with Gasteiger partial charge in [-0.05, 0) is 11.4 Å². The molecule has 7 heteroatoms. The highest BCUT2D eigenvalue weighted by Crippen LogP contribution is 2.21. The van der Waals surface area contributed by atoms with Gasteiger partial charge in [-0.15, -0.1) is 16.2 Å². The number of rotatable bonds is 4. The lowest BCUT2D eigenvalue weighted by Crippen LogP contribution is -2.36. The first kappa shape index (κ1) is 11.6. The van der Waals surface area contributed by atoms with Crippen molar-refractivity contribution in [1.82, 2.24) is 9.84 Å². The lowest BCUT2D eigenvalue weighted by atomic mass is 10.5. The Labute approximate surface area is 87.0 Å². The molecule has 5 nitrogen and oxygen atoms in total. The topological polar surface area (TPSA) is 69.6 Å². The van der Waals surface area contributed by atoms with Gasteiger partial charge in [-0.1, -0.05) is 0 Å². The highest BCUT2D eigenvalue weighted by atomic mass is 32.2. The van der Waals surface area contributed by atoms with E-state index in [1.165, 1.54) is 22.4 Å². The van der Waals surface area contributed by atoms with Gasteiger partial charge in [0.1, 0.15) is 0 Å². The van der Waals surface area contributed by atoms with Crippen LogP contribution in [0.25, 0.3) is 0 Å². The average molecular weight is 236 g/mol. The van der Waals surface area contributed by atoms with Gasteiger partial charge < -0.3 is 5.11 Å². The molecule has 0 aliphatic carbocycles. The van der Waals surface area contributed by atoms with Crippen molar-refractivity contribution in [3.63, 3.8) is 0 Å². The lowest BCUT2D eigenvalue weighted by Gasteiger charge is -2.12. The van der Waals surface area contributed by atoms with Crippen molar-refractivity contribution in [2.24, 2.45) is 0 Å².